The lowest BCUT2D eigenvalue weighted by Crippen LogP contribution is -2.16. The average molecular weight is 239 g/mol. The predicted octanol–water partition coefficient (Wildman–Crippen LogP) is 0.543. The van der Waals surface area contributed by atoms with E-state index in [9.17, 15) is 9.59 Å². The summed E-state index contributed by atoms with van der Waals surface area (Å²) in [5, 5.41) is 8.89. The summed E-state index contributed by atoms with van der Waals surface area (Å²) in [4.78, 5) is 22.5. The first-order chi connectivity index (χ1) is 8.04. The molecule has 0 aromatic heterocycles. The Morgan fingerprint density at radius 1 is 1.24 bits per heavy atom. The number of benzene rings is 1. The first-order valence-corrected chi connectivity index (χ1v) is 4.77. The molecule has 1 aromatic rings. The number of methoxy groups -OCH3 is 2. The largest absolute Gasteiger partial charge is 0.496 e. The van der Waals surface area contributed by atoms with Crippen molar-refractivity contribution in [2.45, 2.75) is 0 Å². The number of carbonyl (C=O) groups is 2. The molecule has 0 bridgehead atoms. The number of Topliss-reactive ketones (excluding diaryl/α,β-unsaturated/α-hetero) is 1. The molecule has 0 heterocycles. The van der Waals surface area contributed by atoms with E-state index in [1.165, 1.54) is 26.4 Å². The molecule has 0 aliphatic carbocycles. The van der Waals surface area contributed by atoms with E-state index in [0.29, 0.717) is 0 Å². The second-order valence-electron chi connectivity index (χ2n) is 3.19. The molecule has 1 rings (SSSR count). The summed E-state index contributed by atoms with van der Waals surface area (Å²) in [6.45, 7) is -0.209. The van der Waals surface area contributed by atoms with Crippen LogP contribution in [0.5, 0.6) is 11.5 Å². The number of hydrogen-bond donors (Lipinski definition) is 2. The van der Waals surface area contributed by atoms with E-state index in [1.54, 1.807) is 0 Å². The lowest BCUT2D eigenvalue weighted by Gasteiger charge is -2.12. The molecule has 0 unspecified atom stereocenters. The Hall–Kier alpha value is -2.08. The lowest BCUT2D eigenvalue weighted by atomic mass is 10.0. The number of ketones is 1. The van der Waals surface area contributed by atoms with Crippen LogP contribution in [-0.2, 0) is 0 Å². The van der Waals surface area contributed by atoms with Gasteiger partial charge in [0.1, 0.15) is 17.1 Å². The van der Waals surface area contributed by atoms with Crippen molar-refractivity contribution >= 4 is 11.8 Å². The molecule has 0 atom stereocenters. The van der Waals surface area contributed by atoms with Gasteiger partial charge in [0.15, 0.2) is 5.78 Å². The Kier molecular flexibility index (Phi) is 4.06. The number of nitrogens with two attached hydrogens (primary N) is 1. The third kappa shape index (κ3) is 2.54. The van der Waals surface area contributed by atoms with Gasteiger partial charge in [-0.05, 0) is 12.1 Å². The van der Waals surface area contributed by atoms with Crippen LogP contribution >= 0.6 is 0 Å². The van der Waals surface area contributed by atoms with Crippen LogP contribution in [0.2, 0.25) is 0 Å². The molecular formula is C11H13NO5. The molecule has 0 saturated heterocycles. The van der Waals surface area contributed by atoms with E-state index in [0.717, 1.165) is 0 Å². The van der Waals surface area contributed by atoms with Gasteiger partial charge >= 0.3 is 5.97 Å². The standard InChI is InChI=1S/C11H13NO5/c1-16-8-3-6(11(14)15)4-9(17-2)10(8)7(13)5-12/h3-4H,5,12H2,1-2H3,(H,14,15). The third-order valence-electron chi connectivity index (χ3n) is 2.22. The smallest absolute Gasteiger partial charge is 0.335 e. The second kappa shape index (κ2) is 5.31. The number of aromatic carboxylic acids is 1. The van der Waals surface area contributed by atoms with E-state index in [2.05, 4.69) is 0 Å². The number of carboxylic acid groups (broad SMARTS) is 1. The molecule has 17 heavy (non-hydrogen) atoms. The first-order valence-electron chi connectivity index (χ1n) is 4.77. The van der Waals surface area contributed by atoms with Gasteiger partial charge in [0.2, 0.25) is 0 Å². The minimum atomic E-state index is -1.13. The van der Waals surface area contributed by atoms with Gasteiger partial charge in [-0.25, -0.2) is 4.79 Å². The second-order valence-corrected chi connectivity index (χ2v) is 3.19. The fourth-order valence-corrected chi connectivity index (χ4v) is 1.41. The summed E-state index contributed by atoms with van der Waals surface area (Å²) in [6.07, 6.45) is 0. The Labute approximate surface area is 97.9 Å². The zero-order valence-electron chi connectivity index (χ0n) is 9.52. The zero-order valence-corrected chi connectivity index (χ0v) is 9.52. The number of rotatable bonds is 5. The molecule has 6 heteroatoms. The Balaban J connectivity index is 3.46. The van der Waals surface area contributed by atoms with Crippen molar-refractivity contribution < 1.29 is 24.2 Å². The number of carbonyl (C=O) groups excluding carboxylic acids is 1. The van der Waals surface area contributed by atoms with Crippen molar-refractivity contribution in [3.8, 4) is 11.5 Å². The summed E-state index contributed by atoms with van der Waals surface area (Å²) >= 11 is 0. The van der Waals surface area contributed by atoms with E-state index in [-0.39, 0.29) is 35.0 Å². The van der Waals surface area contributed by atoms with Crippen LogP contribution < -0.4 is 15.2 Å². The van der Waals surface area contributed by atoms with Gasteiger partial charge in [-0.15, -0.1) is 0 Å². The quantitative estimate of drug-likeness (QED) is 0.728. The SMILES string of the molecule is COc1cc(C(=O)O)cc(OC)c1C(=O)CN. The summed E-state index contributed by atoms with van der Waals surface area (Å²) < 4.78 is 9.96. The molecule has 0 saturated carbocycles. The number of carboxylic acids is 1. The molecule has 3 N–H and O–H groups in total. The fourth-order valence-electron chi connectivity index (χ4n) is 1.41. The maximum absolute atomic E-state index is 11.6. The van der Waals surface area contributed by atoms with Gasteiger partial charge in [-0.2, -0.15) is 0 Å². The van der Waals surface area contributed by atoms with Crippen LogP contribution in [-0.4, -0.2) is 37.6 Å². The molecule has 0 amide bonds. The molecule has 0 aliphatic rings. The minimum absolute atomic E-state index is 0.0210. The van der Waals surface area contributed by atoms with E-state index in [1.807, 2.05) is 0 Å². The summed E-state index contributed by atoms with van der Waals surface area (Å²) in [6, 6.07) is 2.52. The maximum atomic E-state index is 11.6. The normalized spacial score (nSPS) is 9.82. The highest BCUT2D eigenvalue weighted by Gasteiger charge is 2.20. The summed E-state index contributed by atoms with van der Waals surface area (Å²) in [5.41, 5.74) is 5.41. The summed E-state index contributed by atoms with van der Waals surface area (Å²) in [7, 11) is 2.68. The maximum Gasteiger partial charge on any atom is 0.335 e. The van der Waals surface area contributed by atoms with Crippen LogP contribution in [0.4, 0.5) is 0 Å². The minimum Gasteiger partial charge on any atom is -0.496 e. The molecule has 0 radical (unpaired) electrons. The predicted molar refractivity (Wildman–Crippen MR) is 59.9 cm³/mol. The average Bonchev–Trinajstić information content (AvgIpc) is 2.35. The third-order valence-corrected chi connectivity index (χ3v) is 2.22. The van der Waals surface area contributed by atoms with Gasteiger partial charge in [0.05, 0.1) is 26.3 Å². The zero-order chi connectivity index (χ0) is 13.0. The van der Waals surface area contributed by atoms with Crippen molar-refractivity contribution in [2.24, 2.45) is 5.73 Å². The highest BCUT2D eigenvalue weighted by atomic mass is 16.5. The first kappa shape index (κ1) is 13.0. The molecule has 0 aliphatic heterocycles. The lowest BCUT2D eigenvalue weighted by molar-refractivity contribution is 0.0695. The van der Waals surface area contributed by atoms with Gasteiger partial charge in [-0.3, -0.25) is 4.79 Å². The van der Waals surface area contributed by atoms with Gasteiger partial charge in [0.25, 0.3) is 0 Å². The Morgan fingerprint density at radius 3 is 2.00 bits per heavy atom. The van der Waals surface area contributed by atoms with E-state index < -0.39 is 5.97 Å². The van der Waals surface area contributed by atoms with Gasteiger partial charge < -0.3 is 20.3 Å². The molecule has 1 aromatic carbocycles. The topological polar surface area (TPSA) is 98.9 Å². The Bertz CT molecular complexity index is 430. The van der Waals surface area contributed by atoms with Crippen LogP contribution in [0.1, 0.15) is 20.7 Å². The van der Waals surface area contributed by atoms with Crippen LogP contribution in [0.3, 0.4) is 0 Å². The summed E-state index contributed by atoms with van der Waals surface area (Å²) in [5.74, 6) is -1.24. The van der Waals surface area contributed by atoms with E-state index in [4.69, 9.17) is 20.3 Å². The number of ether oxygens (including phenoxy) is 2. The van der Waals surface area contributed by atoms with Crippen molar-refractivity contribution in [3.05, 3.63) is 23.3 Å². The van der Waals surface area contributed by atoms with Gasteiger partial charge in [-0.1, -0.05) is 0 Å². The Morgan fingerprint density at radius 2 is 1.71 bits per heavy atom. The van der Waals surface area contributed by atoms with Gasteiger partial charge in [0, 0.05) is 0 Å². The molecule has 0 fully saturated rings. The monoisotopic (exact) mass is 239 g/mol. The molecule has 0 spiro atoms. The number of hydrogen-bond acceptors (Lipinski definition) is 5. The molecule has 6 nitrogen and oxygen atoms in total. The van der Waals surface area contributed by atoms with Crippen LogP contribution in [0.15, 0.2) is 12.1 Å². The van der Waals surface area contributed by atoms with Crippen LogP contribution in [0, 0.1) is 0 Å². The highest BCUT2D eigenvalue weighted by Crippen LogP contribution is 2.30. The fraction of sp³-hybridized carbons (Fsp3) is 0.273. The van der Waals surface area contributed by atoms with Crippen molar-refractivity contribution in [1.29, 1.82) is 0 Å². The highest BCUT2D eigenvalue weighted by molar-refractivity contribution is 6.04. The molecular weight excluding hydrogens is 226 g/mol. The van der Waals surface area contributed by atoms with Crippen LogP contribution in [0.25, 0.3) is 0 Å². The van der Waals surface area contributed by atoms with E-state index >= 15 is 0 Å². The molecule has 92 valence electrons. The van der Waals surface area contributed by atoms with Crippen molar-refractivity contribution in [3.63, 3.8) is 0 Å². The van der Waals surface area contributed by atoms with Crippen molar-refractivity contribution in [1.82, 2.24) is 0 Å². The van der Waals surface area contributed by atoms with Crippen molar-refractivity contribution in [2.75, 3.05) is 20.8 Å².